The fourth-order valence-electron chi connectivity index (χ4n) is 2.33. The van der Waals surface area contributed by atoms with Gasteiger partial charge >= 0.3 is 0 Å². The molecule has 1 fully saturated rings. The molecular formula is C13H18N2O4S. The van der Waals surface area contributed by atoms with Gasteiger partial charge in [-0.15, -0.1) is 0 Å². The van der Waals surface area contributed by atoms with Crippen LogP contribution in [0.1, 0.15) is 13.3 Å². The molecule has 7 heteroatoms. The standard InChI is InChI=1S/C13H18N2O4S/c1-3-15(11-4-5-12(19-2)14-8-11)13(16)10-6-7-20(17,18)9-10/h4-5,8,10H,3,6-7,9H2,1-2H3/t10-/m1/s1. The van der Waals surface area contributed by atoms with Crippen LogP contribution in [0.25, 0.3) is 0 Å². The topological polar surface area (TPSA) is 76.6 Å². The van der Waals surface area contributed by atoms with Crippen molar-refractivity contribution in [3.05, 3.63) is 18.3 Å². The van der Waals surface area contributed by atoms with Crippen molar-refractivity contribution < 1.29 is 17.9 Å². The molecule has 0 N–H and O–H groups in total. The zero-order chi connectivity index (χ0) is 14.8. The quantitative estimate of drug-likeness (QED) is 0.824. The minimum absolute atomic E-state index is 0.0497. The van der Waals surface area contributed by atoms with Gasteiger partial charge in [0.25, 0.3) is 0 Å². The number of hydrogen-bond acceptors (Lipinski definition) is 5. The Morgan fingerprint density at radius 3 is 2.70 bits per heavy atom. The smallest absolute Gasteiger partial charge is 0.231 e. The van der Waals surface area contributed by atoms with Crippen LogP contribution in [0.5, 0.6) is 5.88 Å². The van der Waals surface area contributed by atoms with E-state index < -0.39 is 15.8 Å². The number of anilines is 1. The number of methoxy groups -OCH3 is 1. The van der Waals surface area contributed by atoms with Crippen molar-refractivity contribution in [1.29, 1.82) is 0 Å². The third-order valence-corrected chi connectivity index (χ3v) is 5.17. The lowest BCUT2D eigenvalue weighted by molar-refractivity contribution is -0.121. The maximum atomic E-state index is 12.4. The Kier molecular flexibility index (Phi) is 4.27. The molecule has 0 spiro atoms. The first-order valence-electron chi connectivity index (χ1n) is 6.48. The third-order valence-electron chi connectivity index (χ3n) is 3.41. The molecule has 0 saturated carbocycles. The molecule has 1 saturated heterocycles. The first kappa shape index (κ1) is 14.8. The van der Waals surface area contributed by atoms with Gasteiger partial charge in [-0.2, -0.15) is 0 Å². The number of sulfone groups is 1. The minimum Gasteiger partial charge on any atom is -0.481 e. The Morgan fingerprint density at radius 1 is 1.50 bits per heavy atom. The summed E-state index contributed by atoms with van der Waals surface area (Å²) in [6.07, 6.45) is 1.96. The molecule has 1 aromatic heterocycles. The molecule has 1 atom stereocenters. The van der Waals surface area contributed by atoms with Gasteiger partial charge in [-0.25, -0.2) is 13.4 Å². The average molecular weight is 298 g/mol. The molecule has 6 nitrogen and oxygen atoms in total. The van der Waals surface area contributed by atoms with E-state index in [0.29, 0.717) is 24.5 Å². The summed E-state index contributed by atoms with van der Waals surface area (Å²) in [7, 11) is -1.54. The maximum absolute atomic E-state index is 12.4. The second kappa shape index (κ2) is 5.78. The van der Waals surface area contributed by atoms with Crippen molar-refractivity contribution in [2.24, 2.45) is 5.92 Å². The number of aromatic nitrogens is 1. The highest BCUT2D eigenvalue weighted by Gasteiger charge is 2.35. The van der Waals surface area contributed by atoms with Crippen LogP contribution in [0, 0.1) is 5.92 Å². The van der Waals surface area contributed by atoms with E-state index in [1.807, 2.05) is 6.92 Å². The van der Waals surface area contributed by atoms with Crippen LogP contribution in [0.15, 0.2) is 18.3 Å². The fourth-order valence-corrected chi connectivity index (χ4v) is 4.06. The largest absolute Gasteiger partial charge is 0.481 e. The second-order valence-corrected chi connectivity index (χ2v) is 6.97. The molecule has 0 aromatic carbocycles. The van der Waals surface area contributed by atoms with Crippen molar-refractivity contribution in [3.8, 4) is 5.88 Å². The summed E-state index contributed by atoms with van der Waals surface area (Å²) in [4.78, 5) is 18.1. The van der Waals surface area contributed by atoms with Crippen LogP contribution >= 0.6 is 0 Å². The number of ether oxygens (including phenoxy) is 1. The van der Waals surface area contributed by atoms with Gasteiger partial charge < -0.3 is 9.64 Å². The fraction of sp³-hybridized carbons (Fsp3) is 0.538. The summed E-state index contributed by atoms with van der Waals surface area (Å²) in [5.41, 5.74) is 0.655. The number of carbonyl (C=O) groups is 1. The van der Waals surface area contributed by atoms with E-state index in [1.165, 1.54) is 7.11 Å². The molecule has 0 bridgehead atoms. The average Bonchev–Trinajstić information content (AvgIpc) is 2.80. The van der Waals surface area contributed by atoms with Gasteiger partial charge in [0.2, 0.25) is 11.8 Å². The predicted octanol–water partition coefficient (Wildman–Crippen LogP) is 0.878. The van der Waals surface area contributed by atoms with Crippen molar-refractivity contribution in [2.75, 3.05) is 30.1 Å². The molecule has 0 unspecified atom stereocenters. The highest BCUT2D eigenvalue weighted by atomic mass is 32.2. The van der Waals surface area contributed by atoms with Crippen molar-refractivity contribution in [1.82, 2.24) is 4.98 Å². The molecule has 20 heavy (non-hydrogen) atoms. The van der Waals surface area contributed by atoms with Gasteiger partial charge in [0.15, 0.2) is 9.84 Å². The van der Waals surface area contributed by atoms with Gasteiger partial charge in [-0.05, 0) is 19.4 Å². The Bertz CT molecular complexity index is 583. The molecule has 2 rings (SSSR count). The van der Waals surface area contributed by atoms with E-state index in [-0.39, 0.29) is 17.4 Å². The summed E-state index contributed by atoms with van der Waals surface area (Å²) >= 11 is 0. The lowest BCUT2D eigenvalue weighted by Gasteiger charge is -2.23. The maximum Gasteiger partial charge on any atom is 0.231 e. The van der Waals surface area contributed by atoms with Crippen LogP contribution in [0.4, 0.5) is 5.69 Å². The zero-order valence-corrected chi connectivity index (χ0v) is 12.4. The number of rotatable bonds is 4. The monoisotopic (exact) mass is 298 g/mol. The summed E-state index contributed by atoms with van der Waals surface area (Å²) < 4.78 is 27.9. The van der Waals surface area contributed by atoms with E-state index in [9.17, 15) is 13.2 Å². The molecule has 0 aliphatic carbocycles. The first-order valence-corrected chi connectivity index (χ1v) is 8.31. The third kappa shape index (κ3) is 3.09. The number of pyridine rings is 1. The number of hydrogen-bond donors (Lipinski definition) is 0. The van der Waals surface area contributed by atoms with Gasteiger partial charge in [0.05, 0.1) is 36.4 Å². The van der Waals surface area contributed by atoms with Gasteiger partial charge in [0, 0.05) is 12.6 Å². The molecule has 2 heterocycles. The van der Waals surface area contributed by atoms with Crippen molar-refractivity contribution >= 4 is 21.4 Å². The van der Waals surface area contributed by atoms with Crippen molar-refractivity contribution in [2.45, 2.75) is 13.3 Å². The van der Waals surface area contributed by atoms with E-state index in [1.54, 1.807) is 23.2 Å². The zero-order valence-electron chi connectivity index (χ0n) is 11.6. The summed E-state index contributed by atoms with van der Waals surface area (Å²) in [6, 6.07) is 3.42. The molecule has 110 valence electrons. The SMILES string of the molecule is CCN(C(=O)[C@@H]1CCS(=O)(=O)C1)c1ccc(OC)nc1. The molecule has 0 radical (unpaired) electrons. The molecule has 1 aromatic rings. The lowest BCUT2D eigenvalue weighted by Crippen LogP contribution is -2.36. The second-order valence-electron chi connectivity index (χ2n) is 4.74. The summed E-state index contributed by atoms with van der Waals surface area (Å²) in [5, 5.41) is 0. The lowest BCUT2D eigenvalue weighted by atomic mass is 10.1. The van der Waals surface area contributed by atoms with Crippen molar-refractivity contribution in [3.63, 3.8) is 0 Å². The molecule has 1 aliphatic rings. The van der Waals surface area contributed by atoms with Crippen LogP contribution < -0.4 is 9.64 Å². The number of nitrogens with zero attached hydrogens (tertiary/aromatic N) is 2. The highest BCUT2D eigenvalue weighted by Crippen LogP contribution is 2.24. The normalized spacial score (nSPS) is 20.6. The van der Waals surface area contributed by atoms with Crippen LogP contribution in [0.3, 0.4) is 0 Å². The summed E-state index contributed by atoms with van der Waals surface area (Å²) in [6.45, 7) is 2.33. The minimum atomic E-state index is -3.06. The van der Waals surface area contributed by atoms with Crippen LogP contribution in [-0.4, -0.2) is 44.5 Å². The Balaban J connectivity index is 2.17. The predicted molar refractivity (Wildman–Crippen MR) is 75.6 cm³/mol. The first-order chi connectivity index (χ1) is 9.46. The Labute approximate surface area is 118 Å². The Morgan fingerprint density at radius 2 is 2.25 bits per heavy atom. The van der Waals surface area contributed by atoms with E-state index in [4.69, 9.17) is 4.74 Å². The van der Waals surface area contributed by atoms with E-state index in [0.717, 1.165) is 0 Å². The number of amides is 1. The highest BCUT2D eigenvalue weighted by molar-refractivity contribution is 7.91. The summed E-state index contributed by atoms with van der Waals surface area (Å²) in [5.74, 6) is -0.0726. The van der Waals surface area contributed by atoms with E-state index >= 15 is 0 Å². The molecule has 1 amide bonds. The molecule has 1 aliphatic heterocycles. The molecular weight excluding hydrogens is 280 g/mol. The van der Waals surface area contributed by atoms with Crippen LogP contribution in [0.2, 0.25) is 0 Å². The van der Waals surface area contributed by atoms with Gasteiger partial charge in [0.1, 0.15) is 0 Å². The Hall–Kier alpha value is -1.63. The van der Waals surface area contributed by atoms with Crippen LogP contribution in [-0.2, 0) is 14.6 Å². The van der Waals surface area contributed by atoms with Gasteiger partial charge in [-0.1, -0.05) is 0 Å². The van der Waals surface area contributed by atoms with E-state index in [2.05, 4.69) is 4.98 Å². The van der Waals surface area contributed by atoms with Gasteiger partial charge in [-0.3, -0.25) is 4.79 Å². The number of carbonyl (C=O) groups excluding carboxylic acids is 1.